The van der Waals surface area contributed by atoms with Crippen LogP contribution in [0, 0.1) is 0 Å². The Morgan fingerprint density at radius 2 is 1.39 bits per heavy atom. The van der Waals surface area contributed by atoms with Gasteiger partial charge in [-0.05, 0) is 19.3 Å². The highest BCUT2D eigenvalue weighted by Gasteiger charge is 2.23. The van der Waals surface area contributed by atoms with Crippen LogP contribution in [0.3, 0.4) is 0 Å². The van der Waals surface area contributed by atoms with Gasteiger partial charge >= 0.3 is 11.9 Å². The number of carbonyl (C=O) groups is 2. The molecule has 0 spiro atoms. The highest BCUT2D eigenvalue weighted by molar-refractivity contribution is 6.62. The molecule has 0 radical (unpaired) electrons. The molecule has 0 bridgehead atoms. The van der Waals surface area contributed by atoms with Crippen LogP contribution in [-0.4, -0.2) is 37.4 Å². The zero-order valence-corrected chi connectivity index (χ0v) is 11.5. The average Bonchev–Trinajstić information content (AvgIpc) is 2.38. The standard InChI is InChI=1S/C13H23NO4/c1-4-7-8-14-11(12(15)17-9-5-2)13(16)18-10-6-3/h4-10H2,1-3H3. The lowest BCUT2D eigenvalue weighted by Gasteiger charge is -2.06. The Hall–Kier alpha value is -1.39. The molecule has 0 N–H and O–H groups in total. The van der Waals surface area contributed by atoms with Crippen LogP contribution < -0.4 is 0 Å². The number of hydrogen-bond donors (Lipinski definition) is 0. The van der Waals surface area contributed by atoms with E-state index in [0.29, 0.717) is 19.4 Å². The molecule has 0 aliphatic heterocycles. The number of nitrogens with zero attached hydrogens (tertiary/aromatic N) is 1. The van der Waals surface area contributed by atoms with Crippen LogP contribution in [0.4, 0.5) is 0 Å². The number of rotatable bonds is 9. The summed E-state index contributed by atoms with van der Waals surface area (Å²) in [7, 11) is 0. The van der Waals surface area contributed by atoms with Crippen molar-refractivity contribution >= 4 is 17.7 Å². The van der Waals surface area contributed by atoms with Crippen molar-refractivity contribution in [2.24, 2.45) is 4.99 Å². The number of aliphatic imine (C=N–C) groups is 1. The van der Waals surface area contributed by atoms with Crippen LogP contribution in [0.2, 0.25) is 0 Å². The molecule has 0 aromatic rings. The first kappa shape index (κ1) is 16.6. The largest absolute Gasteiger partial charge is 0.461 e. The van der Waals surface area contributed by atoms with Gasteiger partial charge in [0, 0.05) is 6.54 Å². The van der Waals surface area contributed by atoms with Crippen LogP contribution in [-0.2, 0) is 19.1 Å². The van der Waals surface area contributed by atoms with Crippen LogP contribution in [0.25, 0.3) is 0 Å². The van der Waals surface area contributed by atoms with Gasteiger partial charge < -0.3 is 9.47 Å². The van der Waals surface area contributed by atoms with Crippen molar-refractivity contribution < 1.29 is 19.1 Å². The van der Waals surface area contributed by atoms with E-state index in [4.69, 9.17) is 9.47 Å². The minimum Gasteiger partial charge on any atom is -0.461 e. The maximum Gasteiger partial charge on any atom is 0.364 e. The van der Waals surface area contributed by atoms with E-state index in [1.54, 1.807) is 0 Å². The van der Waals surface area contributed by atoms with E-state index in [0.717, 1.165) is 12.8 Å². The summed E-state index contributed by atoms with van der Waals surface area (Å²) in [4.78, 5) is 27.3. The van der Waals surface area contributed by atoms with Crippen molar-refractivity contribution in [3.05, 3.63) is 0 Å². The van der Waals surface area contributed by atoms with E-state index in [1.807, 2.05) is 20.8 Å². The molecular weight excluding hydrogens is 234 g/mol. The fraction of sp³-hybridized carbons (Fsp3) is 0.769. The summed E-state index contributed by atoms with van der Waals surface area (Å²) in [6.45, 7) is 6.79. The predicted molar refractivity (Wildman–Crippen MR) is 69.7 cm³/mol. The second-order valence-electron chi connectivity index (χ2n) is 3.86. The van der Waals surface area contributed by atoms with Gasteiger partial charge in [-0.1, -0.05) is 27.2 Å². The Morgan fingerprint density at radius 3 is 1.78 bits per heavy atom. The van der Waals surface area contributed by atoms with Gasteiger partial charge in [0.25, 0.3) is 0 Å². The third-order valence-corrected chi connectivity index (χ3v) is 2.04. The monoisotopic (exact) mass is 257 g/mol. The van der Waals surface area contributed by atoms with Gasteiger partial charge in [0.15, 0.2) is 0 Å². The van der Waals surface area contributed by atoms with Gasteiger partial charge in [-0.25, -0.2) is 9.59 Å². The van der Waals surface area contributed by atoms with Gasteiger partial charge in [-0.2, -0.15) is 0 Å². The lowest BCUT2D eigenvalue weighted by atomic mass is 10.3. The van der Waals surface area contributed by atoms with Crippen molar-refractivity contribution in [1.29, 1.82) is 0 Å². The SMILES string of the molecule is CCCCN=C(C(=O)OCCC)C(=O)OCCC. The fourth-order valence-electron chi connectivity index (χ4n) is 1.09. The summed E-state index contributed by atoms with van der Waals surface area (Å²) in [5.74, 6) is -1.37. The van der Waals surface area contributed by atoms with Crippen molar-refractivity contribution in [2.75, 3.05) is 19.8 Å². The third kappa shape index (κ3) is 7.04. The van der Waals surface area contributed by atoms with Crippen LogP contribution >= 0.6 is 0 Å². The van der Waals surface area contributed by atoms with Gasteiger partial charge in [0.05, 0.1) is 13.2 Å². The average molecular weight is 257 g/mol. The number of unbranched alkanes of at least 4 members (excludes halogenated alkanes) is 1. The van der Waals surface area contributed by atoms with E-state index < -0.39 is 11.9 Å². The molecule has 0 aromatic carbocycles. The summed E-state index contributed by atoms with van der Waals surface area (Å²) in [5, 5.41) is 0. The Morgan fingerprint density at radius 1 is 0.889 bits per heavy atom. The second kappa shape index (κ2) is 10.7. The first-order valence-corrected chi connectivity index (χ1v) is 6.56. The smallest absolute Gasteiger partial charge is 0.364 e. The Labute approximate surface area is 109 Å². The Balaban J connectivity index is 4.54. The van der Waals surface area contributed by atoms with Crippen LogP contribution in [0.15, 0.2) is 4.99 Å². The molecule has 0 aliphatic rings. The van der Waals surface area contributed by atoms with Gasteiger partial charge in [0.2, 0.25) is 5.71 Å². The van der Waals surface area contributed by atoms with Crippen molar-refractivity contribution in [3.63, 3.8) is 0 Å². The molecule has 0 saturated carbocycles. The fourth-order valence-corrected chi connectivity index (χ4v) is 1.09. The molecule has 0 atom stereocenters. The highest BCUT2D eigenvalue weighted by atomic mass is 16.6. The maximum absolute atomic E-state index is 11.6. The molecule has 0 aromatic heterocycles. The van der Waals surface area contributed by atoms with Gasteiger partial charge in [-0.3, -0.25) is 4.99 Å². The van der Waals surface area contributed by atoms with Crippen molar-refractivity contribution in [3.8, 4) is 0 Å². The second-order valence-corrected chi connectivity index (χ2v) is 3.86. The number of esters is 2. The predicted octanol–water partition coefficient (Wildman–Crippen LogP) is 2.13. The lowest BCUT2D eigenvalue weighted by Crippen LogP contribution is -2.29. The maximum atomic E-state index is 11.6. The molecular formula is C13H23NO4. The van der Waals surface area contributed by atoms with E-state index in [1.165, 1.54) is 0 Å². The zero-order chi connectivity index (χ0) is 13.8. The number of ether oxygens (including phenoxy) is 2. The first-order valence-electron chi connectivity index (χ1n) is 6.56. The Kier molecular flexibility index (Phi) is 9.91. The topological polar surface area (TPSA) is 65.0 Å². The molecule has 0 fully saturated rings. The normalized spacial score (nSPS) is 9.72. The number of carbonyl (C=O) groups excluding carboxylic acids is 2. The van der Waals surface area contributed by atoms with E-state index in [-0.39, 0.29) is 18.9 Å². The van der Waals surface area contributed by atoms with Crippen molar-refractivity contribution in [2.45, 2.75) is 46.5 Å². The van der Waals surface area contributed by atoms with Gasteiger partial charge in [0.1, 0.15) is 0 Å². The molecule has 5 nitrogen and oxygen atoms in total. The van der Waals surface area contributed by atoms with E-state index >= 15 is 0 Å². The molecule has 0 rings (SSSR count). The van der Waals surface area contributed by atoms with Crippen LogP contribution in [0.5, 0.6) is 0 Å². The minimum atomic E-state index is -0.686. The zero-order valence-electron chi connectivity index (χ0n) is 11.5. The molecule has 0 saturated heterocycles. The molecule has 5 heteroatoms. The highest BCUT2D eigenvalue weighted by Crippen LogP contribution is 1.96. The van der Waals surface area contributed by atoms with E-state index in [2.05, 4.69) is 4.99 Å². The molecule has 0 amide bonds. The third-order valence-electron chi connectivity index (χ3n) is 2.04. The molecule has 18 heavy (non-hydrogen) atoms. The van der Waals surface area contributed by atoms with Crippen LogP contribution in [0.1, 0.15) is 46.5 Å². The molecule has 0 aliphatic carbocycles. The molecule has 0 heterocycles. The summed E-state index contributed by atoms with van der Waals surface area (Å²) in [6.07, 6.45) is 3.19. The Bertz CT molecular complexity index is 265. The first-order chi connectivity index (χ1) is 8.67. The summed E-state index contributed by atoms with van der Waals surface area (Å²) in [5.41, 5.74) is -0.217. The molecule has 104 valence electrons. The van der Waals surface area contributed by atoms with E-state index in [9.17, 15) is 9.59 Å². The van der Waals surface area contributed by atoms with Gasteiger partial charge in [-0.15, -0.1) is 0 Å². The summed E-state index contributed by atoms with van der Waals surface area (Å²) >= 11 is 0. The molecule has 0 unspecified atom stereocenters. The quantitative estimate of drug-likeness (QED) is 0.275. The summed E-state index contributed by atoms with van der Waals surface area (Å²) < 4.78 is 9.83. The lowest BCUT2D eigenvalue weighted by molar-refractivity contribution is -0.141. The number of hydrogen-bond acceptors (Lipinski definition) is 5. The summed E-state index contributed by atoms with van der Waals surface area (Å²) in [6, 6.07) is 0. The minimum absolute atomic E-state index is 0.217. The van der Waals surface area contributed by atoms with Crippen molar-refractivity contribution in [1.82, 2.24) is 0 Å².